The van der Waals surface area contributed by atoms with Gasteiger partial charge in [0, 0.05) is 12.1 Å². The first-order valence-corrected chi connectivity index (χ1v) is 3.35. The molecule has 52 valence electrons. The SMILES string of the molecule is F/C(=C\Cl)C1CCCO1. The summed E-state index contributed by atoms with van der Waals surface area (Å²) in [4.78, 5) is 0. The zero-order valence-corrected chi connectivity index (χ0v) is 5.70. The maximum Gasteiger partial charge on any atom is 0.140 e. The zero-order chi connectivity index (χ0) is 6.69. The molecule has 0 spiro atoms. The van der Waals surface area contributed by atoms with Crippen LogP contribution in [-0.4, -0.2) is 12.7 Å². The van der Waals surface area contributed by atoms with E-state index in [1.165, 1.54) is 0 Å². The average Bonchev–Trinajstić information content (AvgIpc) is 2.37. The molecule has 0 aromatic carbocycles. The summed E-state index contributed by atoms with van der Waals surface area (Å²) >= 11 is 5.11. The molecule has 0 saturated carbocycles. The van der Waals surface area contributed by atoms with E-state index in [9.17, 15) is 4.39 Å². The highest BCUT2D eigenvalue weighted by atomic mass is 35.5. The Hall–Kier alpha value is -0.0800. The molecular formula is C6H8ClFO. The van der Waals surface area contributed by atoms with Gasteiger partial charge in [0.25, 0.3) is 0 Å². The summed E-state index contributed by atoms with van der Waals surface area (Å²) < 4.78 is 17.4. The lowest BCUT2D eigenvalue weighted by atomic mass is 10.2. The molecule has 0 aliphatic carbocycles. The summed E-state index contributed by atoms with van der Waals surface area (Å²) in [6, 6.07) is 0. The summed E-state index contributed by atoms with van der Waals surface area (Å²) in [7, 11) is 0. The fourth-order valence-electron chi connectivity index (χ4n) is 0.865. The molecule has 1 nitrogen and oxygen atoms in total. The van der Waals surface area contributed by atoms with Crippen LogP contribution in [0.2, 0.25) is 0 Å². The topological polar surface area (TPSA) is 9.23 Å². The Kier molecular flexibility index (Phi) is 2.49. The standard InChI is InChI=1S/C6H8ClFO/c7-4-5(8)6-2-1-3-9-6/h4,6H,1-3H2/b5-4-. The first-order valence-electron chi connectivity index (χ1n) is 2.92. The third-order valence-electron chi connectivity index (χ3n) is 1.34. The summed E-state index contributed by atoms with van der Waals surface area (Å²) in [6.07, 6.45) is 1.33. The molecule has 0 aromatic heterocycles. The lowest BCUT2D eigenvalue weighted by Gasteiger charge is -2.02. The number of hydrogen-bond donors (Lipinski definition) is 0. The van der Waals surface area contributed by atoms with Crippen molar-refractivity contribution in [2.75, 3.05) is 6.61 Å². The molecule has 1 saturated heterocycles. The summed E-state index contributed by atoms with van der Waals surface area (Å²) in [5, 5.41) is 0. The predicted octanol–water partition coefficient (Wildman–Crippen LogP) is 2.22. The third kappa shape index (κ3) is 1.66. The summed E-state index contributed by atoms with van der Waals surface area (Å²) in [5.41, 5.74) is 0.940. The predicted molar refractivity (Wildman–Crippen MR) is 34.0 cm³/mol. The van der Waals surface area contributed by atoms with Gasteiger partial charge in [0.1, 0.15) is 11.9 Å². The third-order valence-corrected chi connectivity index (χ3v) is 1.55. The van der Waals surface area contributed by atoms with Crippen molar-refractivity contribution in [3.05, 3.63) is 11.4 Å². The van der Waals surface area contributed by atoms with Crippen molar-refractivity contribution in [1.82, 2.24) is 0 Å². The Morgan fingerprint density at radius 1 is 1.78 bits per heavy atom. The average molecular weight is 151 g/mol. The van der Waals surface area contributed by atoms with Crippen LogP contribution in [0.4, 0.5) is 4.39 Å². The van der Waals surface area contributed by atoms with E-state index in [0.717, 1.165) is 18.4 Å². The van der Waals surface area contributed by atoms with Crippen LogP contribution >= 0.6 is 11.6 Å². The van der Waals surface area contributed by atoms with Gasteiger partial charge in [-0.2, -0.15) is 0 Å². The van der Waals surface area contributed by atoms with E-state index in [2.05, 4.69) is 0 Å². The van der Waals surface area contributed by atoms with Crippen molar-refractivity contribution in [3.8, 4) is 0 Å². The van der Waals surface area contributed by atoms with Gasteiger partial charge < -0.3 is 4.74 Å². The minimum atomic E-state index is -0.359. The zero-order valence-electron chi connectivity index (χ0n) is 4.94. The Labute approximate surface area is 58.5 Å². The van der Waals surface area contributed by atoms with Gasteiger partial charge in [0.2, 0.25) is 0 Å². The van der Waals surface area contributed by atoms with E-state index in [4.69, 9.17) is 16.3 Å². The lowest BCUT2D eigenvalue weighted by Crippen LogP contribution is -2.03. The van der Waals surface area contributed by atoms with Crippen molar-refractivity contribution in [1.29, 1.82) is 0 Å². The van der Waals surface area contributed by atoms with Crippen molar-refractivity contribution in [2.24, 2.45) is 0 Å². The molecule has 1 atom stereocenters. The van der Waals surface area contributed by atoms with Gasteiger partial charge >= 0.3 is 0 Å². The molecule has 1 fully saturated rings. The minimum Gasteiger partial charge on any atom is -0.371 e. The molecule has 0 radical (unpaired) electrons. The molecule has 1 heterocycles. The molecular weight excluding hydrogens is 143 g/mol. The van der Waals surface area contributed by atoms with Gasteiger partial charge in [-0.1, -0.05) is 11.6 Å². The van der Waals surface area contributed by atoms with E-state index in [1.807, 2.05) is 0 Å². The van der Waals surface area contributed by atoms with E-state index < -0.39 is 0 Å². The Balaban J connectivity index is 2.42. The van der Waals surface area contributed by atoms with Crippen LogP contribution in [0.1, 0.15) is 12.8 Å². The number of rotatable bonds is 1. The second-order valence-electron chi connectivity index (χ2n) is 2.00. The fraction of sp³-hybridized carbons (Fsp3) is 0.667. The van der Waals surface area contributed by atoms with Crippen LogP contribution in [0, 0.1) is 0 Å². The van der Waals surface area contributed by atoms with Crippen LogP contribution in [0.15, 0.2) is 11.4 Å². The van der Waals surface area contributed by atoms with Crippen molar-refractivity contribution < 1.29 is 9.13 Å². The lowest BCUT2D eigenvalue weighted by molar-refractivity contribution is 0.120. The van der Waals surface area contributed by atoms with Crippen molar-refractivity contribution in [3.63, 3.8) is 0 Å². The van der Waals surface area contributed by atoms with Crippen molar-refractivity contribution >= 4 is 11.6 Å². The van der Waals surface area contributed by atoms with Crippen LogP contribution < -0.4 is 0 Å². The van der Waals surface area contributed by atoms with Crippen LogP contribution in [0.3, 0.4) is 0 Å². The molecule has 1 unspecified atom stereocenters. The second kappa shape index (κ2) is 3.18. The molecule has 9 heavy (non-hydrogen) atoms. The summed E-state index contributed by atoms with van der Waals surface area (Å²) in [6.45, 7) is 0.656. The van der Waals surface area contributed by atoms with Gasteiger partial charge in [-0.15, -0.1) is 0 Å². The van der Waals surface area contributed by atoms with E-state index >= 15 is 0 Å². The van der Waals surface area contributed by atoms with Crippen LogP contribution in [0.5, 0.6) is 0 Å². The summed E-state index contributed by atoms with van der Waals surface area (Å²) in [5.74, 6) is -0.353. The Morgan fingerprint density at radius 3 is 3.00 bits per heavy atom. The van der Waals surface area contributed by atoms with Gasteiger partial charge in [-0.05, 0) is 12.8 Å². The first kappa shape index (κ1) is 7.03. The number of ether oxygens (including phenoxy) is 1. The maximum atomic E-state index is 12.4. The largest absolute Gasteiger partial charge is 0.371 e. The molecule has 0 amide bonds. The molecule has 0 aromatic rings. The second-order valence-corrected chi connectivity index (χ2v) is 2.21. The fourth-order valence-corrected chi connectivity index (χ4v) is 1.01. The van der Waals surface area contributed by atoms with Crippen LogP contribution in [-0.2, 0) is 4.74 Å². The highest BCUT2D eigenvalue weighted by molar-refractivity contribution is 6.25. The van der Waals surface area contributed by atoms with E-state index in [-0.39, 0.29) is 11.9 Å². The van der Waals surface area contributed by atoms with Gasteiger partial charge in [-0.25, -0.2) is 4.39 Å². The molecule has 3 heteroatoms. The first-order chi connectivity index (χ1) is 4.34. The monoisotopic (exact) mass is 150 g/mol. The number of halogens is 2. The Morgan fingerprint density at radius 2 is 2.56 bits per heavy atom. The molecule has 1 aliphatic heterocycles. The van der Waals surface area contributed by atoms with Gasteiger partial charge in [-0.3, -0.25) is 0 Å². The minimum absolute atomic E-state index is 0.353. The molecule has 0 bridgehead atoms. The quantitative estimate of drug-likeness (QED) is 0.557. The van der Waals surface area contributed by atoms with Gasteiger partial charge in [0.15, 0.2) is 0 Å². The van der Waals surface area contributed by atoms with Gasteiger partial charge in [0.05, 0.1) is 0 Å². The maximum absolute atomic E-state index is 12.4. The molecule has 1 rings (SSSR count). The van der Waals surface area contributed by atoms with Crippen LogP contribution in [0.25, 0.3) is 0 Å². The smallest absolute Gasteiger partial charge is 0.140 e. The molecule has 1 aliphatic rings. The Bertz CT molecular complexity index is 118. The number of hydrogen-bond acceptors (Lipinski definition) is 1. The van der Waals surface area contributed by atoms with Crippen molar-refractivity contribution in [2.45, 2.75) is 18.9 Å². The normalized spacial score (nSPS) is 29.1. The van der Waals surface area contributed by atoms with E-state index in [0.29, 0.717) is 6.61 Å². The highest BCUT2D eigenvalue weighted by Crippen LogP contribution is 2.20. The molecule has 0 N–H and O–H groups in total. The van der Waals surface area contributed by atoms with E-state index in [1.54, 1.807) is 0 Å². The highest BCUT2D eigenvalue weighted by Gasteiger charge is 2.19.